The lowest BCUT2D eigenvalue weighted by Gasteiger charge is -2.45. The van der Waals surface area contributed by atoms with Gasteiger partial charge in [0.05, 0.1) is 26.2 Å². The maximum Gasteiger partial charge on any atom is 0.302 e. The largest absolute Gasteiger partial charge is 0.462 e. The van der Waals surface area contributed by atoms with E-state index in [-0.39, 0.29) is 12.1 Å². The molecule has 1 heterocycles. The summed E-state index contributed by atoms with van der Waals surface area (Å²) in [7, 11) is 2.43. The summed E-state index contributed by atoms with van der Waals surface area (Å²) in [6.45, 7) is 4.23. The average Bonchev–Trinajstić information content (AvgIpc) is 2.83. The second-order valence-corrected chi connectivity index (χ2v) is 6.85. The Morgan fingerprint density at radius 3 is 2.44 bits per heavy atom. The van der Waals surface area contributed by atoms with Crippen molar-refractivity contribution in [2.45, 2.75) is 57.6 Å². The molecule has 2 saturated carbocycles. The molecule has 1 aliphatic heterocycles. The summed E-state index contributed by atoms with van der Waals surface area (Å²) in [5, 5.41) is 0. The van der Waals surface area contributed by atoms with Crippen LogP contribution in [-0.2, 0) is 9.53 Å². The van der Waals surface area contributed by atoms with E-state index in [9.17, 15) is 4.79 Å². The number of esters is 1. The summed E-state index contributed by atoms with van der Waals surface area (Å²) >= 11 is 0. The predicted molar refractivity (Wildman–Crippen MR) is 69.9 cm³/mol. The van der Waals surface area contributed by atoms with E-state index < -0.39 is 0 Å². The smallest absolute Gasteiger partial charge is 0.302 e. The number of carbonyl (C=O) groups excluding carboxylic acids is 1. The molecule has 102 valence electrons. The molecule has 0 spiro atoms. The van der Waals surface area contributed by atoms with Crippen LogP contribution >= 0.6 is 0 Å². The van der Waals surface area contributed by atoms with Crippen LogP contribution in [-0.4, -0.2) is 42.7 Å². The fourth-order valence-electron chi connectivity index (χ4n) is 4.94. The first-order valence-corrected chi connectivity index (χ1v) is 7.61. The van der Waals surface area contributed by atoms with E-state index in [1.54, 1.807) is 6.92 Å². The number of fused-ring (bicyclic) bond motifs is 2. The van der Waals surface area contributed by atoms with Crippen LogP contribution in [0.1, 0.15) is 45.4 Å². The highest BCUT2D eigenvalue weighted by Crippen LogP contribution is 2.48. The third-order valence-electron chi connectivity index (χ3n) is 5.78. The number of likely N-dealkylation sites (tertiary alicyclic amines) is 1. The number of hydrogen-bond acceptors (Lipinski definition) is 2. The maximum atomic E-state index is 11.3. The van der Waals surface area contributed by atoms with Crippen LogP contribution in [0.4, 0.5) is 0 Å². The molecule has 4 atom stereocenters. The molecular formula is C15H26NO2+. The molecule has 1 saturated heterocycles. The normalized spacial score (nSPS) is 41.9. The number of quaternary nitrogens is 1. The third kappa shape index (κ3) is 1.97. The van der Waals surface area contributed by atoms with Gasteiger partial charge in [-0.25, -0.2) is 0 Å². The standard InChI is InChI=1S/C15H26NO2/c1-11(17)18-15-12-5-7-13(15)14(8-6-12)16(2)9-3-4-10-16/h12-15H,3-10H2,1-2H3/q+1/t12-,13-,14+,15+/m0/s1. The van der Waals surface area contributed by atoms with Gasteiger partial charge in [-0.2, -0.15) is 0 Å². The Kier molecular flexibility index (Phi) is 3.13. The van der Waals surface area contributed by atoms with Crippen LogP contribution in [0.3, 0.4) is 0 Å². The Hall–Kier alpha value is -0.570. The zero-order valence-electron chi connectivity index (χ0n) is 11.7. The molecule has 3 fully saturated rings. The van der Waals surface area contributed by atoms with Gasteiger partial charge in [-0.1, -0.05) is 0 Å². The quantitative estimate of drug-likeness (QED) is 0.557. The van der Waals surface area contributed by atoms with Gasteiger partial charge in [-0.05, 0) is 25.2 Å². The molecule has 2 bridgehead atoms. The molecule has 0 N–H and O–H groups in total. The highest BCUT2D eigenvalue weighted by molar-refractivity contribution is 5.66. The third-order valence-corrected chi connectivity index (χ3v) is 5.78. The van der Waals surface area contributed by atoms with E-state index in [0.29, 0.717) is 11.8 Å². The Labute approximate surface area is 110 Å². The molecule has 0 amide bonds. The van der Waals surface area contributed by atoms with Crippen molar-refractivity contribution in [2.24, 2.45) is 11.8 Å². The van der Waals surface area contributed by atoms with Gasteiger partial charge < -0.3 is 9.22 Å². The van der Waals surface area contributed by atoms with Crippen molar-refractivity contribution in [3.05, 3.63) is 0 Å². The minimum absolute atomic E-state index is 0.0818. The lowest BCUT2D eigenvalue weighted by atomic mass is 9.80. The Morgan fingerprint density at radius 2 is 1.78 bits per heavy atom. The van der Waals surface area contributed by atoms with Crippen molar-refractivity contribution in [1.82, 2.24) is 0 Å². The first-order valence-electron chi connectivity index (χ1n) is 7.61. The van der Waals surface area contributed by atoms with Crippen molar-refractivity contribution in [2.75, 3.05) is 20.1 Å². The van der Waals surface area contributed by atoms with Gasteiger partial charge in [-0.15, -0.1) is 0 Å². The van der Waals surface area contributed by atoms with Crippen molar-refractivity contribution < 1.29 is 14.0 Å². The van der Waals surface area contributed by atoms with Gasteiger partial charge in [-0.3, -0.25) is 4.79 Å². The van der Waals surface area contributed by atoms with E-state index in [2.05, 4.69) is 7.05 Å². The van der Waals surface area contributed by atoms with Gasteiger partial charge in [0.25, 0.3) is 0 Å². The number of ether oxygens (including phenoxy) is 1. The van der Waals surface area contributed by atoms with Gasteiger partial charge in [0, 0.05) is 32.1 Å². The molecule has 2 aliphatic carbocycles. The molecule has 0 aromatic rings. The number of hydrogen-bond donors (Lipinski definition) is 0. The van der Waals surface area contributed by atoms with Gasteiger partial charge in [0.1, 0.15) is 6.10 Å². The minimum atomic E-state index is -0.0818. The molecule has 0 unspecified atom stereocenters. The maximum absolute atomic E-state index is 11.3. The lowest BCUT2D eigenvalue weighted by molar-refractivity contribution is -0.927. The summed E-state index contributed by atoms with van der Waals surface area (Å²) in [6.07, 6.45) is 8.16. The highest BCUT2D eigenvalue weighted by Gasteiger charge is 2.53. The minimum Gasteiger partial charge on any atom is -0.462 e. The van der Waals surface area contributed by atoms with Crippen molar-refractivity contribution in [3.63, 3.8) is 0 Å². The van der Waals surface area contributed by atoms with E-state index in [0.717, 1.165) is 6.04 Å². The number of carbonyl (C=O) groups is 1. The van der Waals surface area contributed by atoms with Crippen molar-refractivity contribution in [1.29, 1.82) is 0 Å². The molecule has 0 aromatic carbocycles. The number of rotatable bonds is 2. The van der Waals surface area contributed by atoms with Crippen LogP contribution in [0.2, 0.25) is 0 Å². The van der Waals surface area contributed by atoms with Crippen LogP contribution in [0.15, 0.2) is 0 Å². The van der Waals surface area contributed by atoms with Crippen molar-refractivity contribution in [3.8, 4) is 0 Å². The average molecular weight is 252 g/mol. The monoisotopic (exact) mass is 252 g/mol. The molecule has 0 aromatic heterocycles. The van der Waals surface area contributed by atoms with Crippen LogP contribution in [0.5, 0.6) is 0 Å². The highest BCUT2D eigenvalue weighted by atomic mass is 16.5. The Balaban J connectivity index is 1.78. The molecule has 3 heteroatoms. The summed E-state index contributed by atoms with van der Waals surface area (Å²) < 4.78 is 6.91. The fourth-order valence-corrected chi connectivity index (χ4v) is 4.94. The van der Waals surface area contributed by atoms with Gasteiger partial charge >= 0.3 is 5.97 Å². The topological polar surface area (TPSA) is 26.3 Å². The first kappa shape index (κ1) is 12.5. The molecular weight excluding hydrogens is 226 g/mol. The molecule has 3 aliphatic rings. The molecule has 3 rings (SSSR count). The summed E-state index contributed by atoms with van der Waals surface area (Å²) in [5.74, 6) is 1.21. The summed E-state index contributed by atoms with van der Waals surface area (Å²) in [4.78, 5) is 11.3. The van der Waals surface area contributed by atoms with Crippen LogP contribution in [0, 0.1) is 11.8 Å². The van der Waals surface area contributed by atoms with E-state index in [4.69, 9.17) is 4.74 Å². The van der Waals surface area contributed by atoms with E-state index >= 15 is 0 Å². The fraction of sp³-hybridized carbons (Fsp3) is 0.933. The van der Waals surface area contributed by atoms with Crippen LogP contribution in [0.25, 0.3) is 0 Å². The SMILES string of the molecule is CC(=O)O[C@@H]1[C@H]2CC[C@H]1[C@H]([N+]1(C)CCCC1)CC2. The lowest BCUT2D eigenvalue weighted by Crippen LogP contribution is -2.57. The van der Waals surface area contributed by atoms with Gasteiger partial charge in [0.2, 0.25) is 0 Å². The van der Waals surface area contributed by atoms with Crippen LogP contribution < -0.4 is 0 Å². The Bertz CT molecular complexity index is 335. The first-order chi connectivity index (χ1) is 8.60. The zero-order chi connectivity index (χ0) is 12.8. The zero-order valence-corrected chi connectivity index (χ0v) is 11.7. The second kappa shape index (κ2) is 4.52. The predicted octanol–water partition coefficient (Wildman–Crippen LogP) is 2.35. The molecule has 3 nitrogen and oxygen atoms in total. The summed E-state index contributed by atoms with van der Waals surface area (Å²) in [5.41, 5.74) is 0. The van der Waals surface area contributed by atoms with Gasteiger partial charge in [0.15, 0.2) is 0 Å². The summed E-state index contributed by atoms with van der Waals surface area (Å²) in [6, 6.07) is 0.746. The Morgan fingerprint density at radius 1 is 1.11 bits per heavy atom. The van der Waals surface area contributed by atoms with E-state index in [1.165, 1.54) is 56.1 Å². The van der Waals surface area contributed by atoms with E-state index in [1.807, 2.05) is 0 Å². The second-order valence-electron chi connectivity index (χ2n) is 6.85. The molecule has 0 radical (unpaired) electrons. The van der Waals surface area contributed by atoms with Crippen molar-refractivity contribution >= 4 is 5.97 Å². The number of nitrogens with zero attached hydrogens (tertiary/aromatic N) is 1. The molecule has 18 heavy (non-hydrogen) atoms.